The highest BCUT2D eigenvalue weighted by Crippen LogP contribution is 2.25. The van der Waals surface area contributed by atoms with Crippen molar-refractivity contribution in [3.8, 4) is 0 Å². The van der Waals surface area contributed by atoms with E-state index in [4.69, 9.17) is 16.7 Å². The lowest BCUT2D eigenvalue weighted by Gasteiger charge is -2.10. The summed E-state index contributed by atoms with van der Waals surface area (Å²) >= 11 is 5.63. The number of pyridine rings is 1. The van der Waals surface area contributed by atoms with E-state index in [1.807, 2.05) is 0 Å². The van der Waals surface area contributed by atoms with Crippen LogP contribution in [0.5, 0.6) is 0 Å². The summed E-state index contributed by atoms with van der Waals surface area (Å²) in [6.07, 6.45) is 1.35. The monoisotopic (exact) mass is 330 g/mol. The second-order valence-electron chi connectivity index (χ2n) is 4.33. The van der Waals surface area contributed by atoms with Crippen LogP contribution in [0.3, 0.4) is 0 Å². The van der Waals surface area contributed by atoms with E-state index in [-0.39, 0.29) is 21.2 Å². The number of hydrogen-bond acceptors (Lipinski definition) is 4. The first-order valence-electron chi connectivity index (χ1n) is 5.88. The average molecular weight is 331 g/mol. The minimum atomic E-state index is -4.00. The van der Waals surface area contributed by atoms with Crippen molar-refractivity contribution in [1.82, 2.24) is 4.98 Å². The summed E-state index contributed by atoms with van der Waals surface area (Å²) in [4.78, 5) is 3.64. The van der Waals surface area contributed by atoms with Gasteiger partial charge in [-0.2, -0.15) is 0 Å². The maximum absolute atomic E-state index is 13.6. The Kier molecular flexibility index (Phi) is 4.46. The quantitative estimate of drug-likeness (QED) is 0.902. The molecule has 0 aliphatic rings. The summed E-state index contributed by atoms with van der Waals surface area (Å²) in [7, 11) is -4.00. The summed E-state index contributed by atoms with van der Waals surface area (Å²) in [5.74, 6) is -0.911. The molecule has 0 saturated carbocycles. The molecule has 0 amide bonds. The van der Waals surface area contributed by atoms with Crippen molar-refractivity contribution < 1.29 is 17.9 Å². The molecule has 0 spiro atoms. The van der Waals surface area contributed by atoms with Crippen LogP contribution in [-0.2, 0) is 16.6 Å². The van der Waals surface area contributed by atoms with Crippen molar-refractivity contribution in [2.75, 3.05) is 4.72 Å². The Hall–Kier alpha value is -1.70. The number of aliphatic hydroxyl groups is 1. The van der Waals surface area contributed by atoms with Crippen molar-refractivity contribution in [2.24, 2.45) is 0 Å². The number of anilines is 1. The smallest absolute Gasteiger partial charge is 0.262 e. The van der Waals surface area contributed by atoms with E-state index < -0.39 is 22.4 Å². The van der Waals surface area contributed by atoms with Crippen LogP contribution >= 0.6 is 11.6 Å². The van der Waals surface area contributed by atoms with Gasteiger partial charge in [0.2, 0.25) is 0 Å². The van der Waals surface area contributed by atoms with Gasteiger partial charge in [0.15, 0.2) is 0 Å². The van der Waals surface area contributed by atoms with Gasteiger partial charge >= 0.3 is 0 Å². The Morgan fingerprint density at radius 1 is 1.38 bits per heavy atom. The van der Waals surface area contributed by atoms with Gasteiger partial charge in [0.05, 0.1) is 28.4 Å². The van der Waals surface area contributed by atoms with Crippen molar-refractivity contribution in [3.05, 3.63) is 52.6 Å². The Morgan fingerprint density at radius 3 is 2.67 bits per heavy atom. The lowest BCUT2D eigenvalue weighted by atomic mass is 10.2. The number of sulfonamides is 1. The van der Waals surface area contributed by atoms with Gasteiger partial charge in [-0.15, -0.1) is 0 Å². The zero-order valence-electron chi connectivity index (χ0n) is 11.0. The zero-order chi connectivity index (χ0) is 15.6. The van der Waals surface area contributed by atoms with Gasteiger partial charge in [-0.1, -0.05) is 11.6 Å². The van der Waals surface area contributed by atoms with E-state index in [1.165, 1.54) is 6.20 Å². The van der Waals surface area contributed by atoms with Gasteiger partial charge in [0.25, 0.3) is 10.0 Å². The number of rotatable bonds is 4. The molecule has 0 unspecified atom stereocenters. The largest absolute Gasteiger partial charge is 0.392 e. The third-order valence-electron chi connectivity index (χ3n) is 2.72. The predicted octanol–water partition coefficient (Wildman–Crippen LogP) is 2.48. The van der Waals surface area contributed by atoms with E-state index in [0.29, 0.717) is 0 Å². The predicted molar refractivity (Wildman–Crippen MR) is 77.1 cm³/mol. The number of nitrogens with one attached hydrogen (secondary N) is 1. The molecule has 0 fully saturated rings. The fraction of sp³-hybridized carbons (Fsp3) is 0.154. The van der Waals surface area contributed by atoms with Crippen LogP contribution in [0.25, 0.3) is 0 Å². The number of aliphatic hydroxyl groups excluding tert-OH is 1. The summed E-state index contributed by atoms with van der Waals surface area (Å²) in [5, 5.41) is 8.78. The maximum Gasteiger partial charge on any atom is 0.262 e. The summed E-state index contributed by atoms with van der Waals surface area (Å²) in [6.45, 7) is 1.20. The van der Waals surface area contributed by atoms with Crippen LogP contribution in [0.1, 0.15) is 11.3 Å². The molecule has 112 valence electrons. The van der Waals surface area contributed by atoms with Crippen LogP contribution < -0.4 is 4.72 Å². The molecule has 0 aliphatic carbocycles. The van der Waals surface area contributed by atoms with Crippen molar-refractivity contribution in [2.45, 2.75) is 18.4 Å². The Morgan fingerprint density at radius 2 is 2.10 bits per heavy atom. The Balaban J connectivity index is 2.40. The molecule has 0 bridgehead atoms. The molecule has 0 radical (unpaired) electrons. The lowest BCUT2D eigenvalue weighted by Crippen LogP contribution is -2.14. The maximum atomic E-state index is 13.6. The molecule has 8 heteroatoms. The van der Waals surface area contributed by atoms with Crippen LogP contribution in [0.4, 0.5) is 10.1 Å². The normalized spacial score (nSPS) is 11.4. The second kappa shape index (κ2) is 5.97. The fourth-order valence-electron chi connectivity index (χ4n) is 1.63. The van der Waals surface area contributed by atoms with Gasteiger partial charge in [0.1, 0.15) is 5.82 Å². The number of halogens is 2. The number of aromatic nitrogens is 1. The summed E-state index contributed by atoms with van der Waals surface area (Å²) < 4.78 is 40.3. The topological polar surface area (TPSA) is 79.3 Å². The molecule has 2 N–H and O–H groups in total. The molecule has 0 aliphatic heterocycles. The highest BCUT2D eigenvalue weighted by atomic mass is 35.5. The van der Waals surface area contributed by atoms with Gasteiger partial charge in [-0.25, -0.2) is 12.8 Å². The SMILES string of the molecule is Cc1ccc(NS(=O)(=O)c2cc(F)c(Cl)c(CO)c2)cn1. The molecular weight excluding hydrogens is 319 g/mol. The highest BCUT2D eigenvalue weighted by Gasteiger charge is 2.19. The molecule has 0 atom stereocenters. The molecule has 1 heterocycles. The van der Waals surface area contributed by atoms with E-state index in [1.54, 1.807) is 19.1 Å². The van der Waals surface area contributed by atoms with Crippen molar-refractivity contribution in [3.63, 3.8) is 0 Å². The number of benzene rings is 1. The van der Waals surface area contributed by atoms with Gasteiger partial charge in [0, 0.05) is 11.3 Å². The highest BCUT2D eigenvalue weighted by molar-refractivity contribution is 7.92. The first-order valence-corrected chi connectivity index (χ1v) is 7.74. The minimum absolute atomic E-state index is 0.000859. The summed E-state index contributed by atoms with van der Waals surface area (Å²) in [5.41, 5.74) is 0.985. The van der Waals surface area contributed by atoms with Crippen LogP contribution in [0.15, 0.2) is 35.4 Å². The average Bonchev–Trinajstić information content (AvgIpc) is 2.44. The van der Waals surface area contributed by atoms with Crippen molar-refractivity contribution in [1.29, 1.82) is 0 Å². The fourth-order valence-corrected chi connectivity index (χ4v) is 2.90. The van der Waals surface area contributed by atoms with E-state index >= 15 is 0 Å². The molecule has 0 saturated heterocycles. The third kappa shape index (κ3) is 3.49. The molecule has 5 nitrogen and oxygen atoms in total. The first-order chi connectivity index (χ1) is 9.83. The number of hydrogen-bond donors (Lipinski definition) is 2. The second-order valence-corrected chi connectivity index (χ2v) is 6.39. The van der Waals surface area contributed by atoms with Crippen LogP contribution in [0, 0.1) is 12.7 Å². The van der Waals surface area contributed by atoms with Gasteiger partial charge in [-0.05, 0) is 31.2 Å². The van der Waals surface area contributed by atoms with Crippen molar-refractivity contribution >= 4 is 27.3 Å². The van der Waals surface area contributed by atoms with Gasteiger partial charge < -0.3 is 5.11 Å². The van der Waals surface area contributed by atoms with E-state index in [0.717, 1.165) is 17.8 Å². The van der Waals surface area contributed by atoms with Crippen LogP contribution in [-0.4, -0.2) is 18.5 Å². The Bertz CT molecular complexity index is 764. The molecule has 1 aromatic carbocycles. The number of nitrogens with zero attached hydrogens (tertiary/aromatic N) is 1. The molecular formula is C13H12ClFN2O3S. The Labute approximate surface area is 126 Å². The molecule has 2 rings (SSSR count). The lowest BCUT2D eigenvalue weighted by molar-refractivity contribution is 0.281. The molecule has 2 aromatic rings. The molecule has 1 aromatic heterocycles. The van der Waals surface area contributed by atoms with E-state index in [2.05, 4.69) is 9.71 Å². The summed E-state index contributed by atoms with van der Waals surface area (Å²) in [6, 6.07) is 5.10. The van der Waals surface area contributed by atoms with Gasteiger partial charge in [-0.3, -0.25) is 9.71 Å². The van der Waals surface area contributed by atoms with E-state index in [9.17, 15) is 12.8 Å². The van der Waals surface area contributed by atoms with Crippen LogP contribution in [0.2, 0.25) is 5.02 Å². The molecule has 21 heavy (non-hydrogen) atoms. The third-order valence-corrected chi connectivity index (χ3v) is 4.51. The zero-order valence-corrected chi connectivity index (χ0v) is 12.5. The first kappa shape index (κ1) is 15.7. The standard InChI is InChI=1S/C13H12ClFN2O3S/c1-8-2-3-10(6-16-8)17-21(19,20)11-4-9(7-18)13(14)12(15)5-11/h2-6,17-18H,7H2,1H3. The number of aryl methyl sites for hydroxylation is 1. The minimum Gasteiger partial charge on any atom is -0.392 e.